The Labute approximate surface area is 143 Å². The van der Waals surface area contributed by atoms with Crippen molar-refractivity contribution < 1.29 is 14.0 Å². The fourth-order valence-corrected chi connectivity index (χ4v) is 2.75. The first-order valence-electron chi connectivity index (χ1n) is 7.35. The zero-order valence-corrected chi connectivity index (χ0v) is 13.4. The van der Waals surface area contributed by atoms with E-state index in [9.17, 15) is 14.0 Å². The van der Waals surface area contributed by atoms with Crippen molar-refractivity contribution in [3.63, 3.8) is 0 Å². The lowest BCUT2D eigenvalue weighted by Crippen LogP contribution is -2.33. The standard InChI is InChI=1S/C18H14ClFN2O2/c19-13-8-12(9-14(20)10-13)11-21-17(23)16-6-7-22(18(16)24)15-4-2-1-3-5-15/h1-6,8-10H,7,11H2,(H,21,23). The predicted molar refractivity (Wildman–Crippen MR) is 90.1 cm³/mol. The molecule has 1 aliphatic heterocycles. The van der Waals surface area contributed by atoms with Crippen LogP contribution >= 0.6 is 11.6 Å². The van der Waals surface area contributed by atoms with Gasteiger partial charge < -0.3 is 10.2 Å². The molecule has 0 spiro atoms. The molecular weight excluding hydrogens is 331 g/mol. The van der Waals surface area contributed by atoms with Gasteiger partial charge in [-0.1, -0.05) is 29.8 Å². The molecule has 0 atom stereocenters. The molecule has 2 aromatic rings. The molecule has 2 aromatic carbocycles. The summed E-state index contributed by atoms with van der Waals surface area (Å²) < 4.78 is 13.3. The van der Waals surface area contributed by atoms with E-state index in [1.165, 1.54) is 17.0 Å². The number of amides is 2. The highest BCUT2D eigenvalue weighted by Crippen LogP contribution is 2.21. The molecule has 0 aliphatic carbocycles. The molecule has 3 rings (SSSR count). The highest BCUT2D eigenvalue weighted by Gasteiger charge is 2.29. The number of hydrogen-bond donors (Lipinski definition) is 1. The largest absolute Gasteiger partial charge is 0.348 e. The monoisotopic (exact) mass is 344 g/mol. The lowest BCUT2D eigenvalue weighted by molar-refractivity contribution is -0.122. The molecule has 24 heavy (non-hydrogen) atoms. The normalized spacial score (nSPS) is 13.8. The molecule has 4 nitrogen and oxygen atoms in total. The molecule has 0 radical (unpaired) electrons. The highest BCUT2D eigenvalue weighted by molar-refractivity contribution is 6.30. The van der Waals surface area contributed by atoms with Crippen LogP contribution in [-0.2, 0) is 16.1 Å². The van der Waals surface area contributed by atoms with Crippen molar-refractivity contribution >= 4 is 29.1 Å². The van der Waals surface area contributed by atoms with E-state index in [1.807, 2.05) is 18.2 Å². The maximum Gasteiger partial charge on any atom is 0.263 e. The van der Waals surface area contributed by atoms with Gasteiger partial charge >= 0.3 is 0 Å². The van der Waals surface area contributed by atoms with Crippen LogP contribution in [0.1, 0.15) is 5.56 Å². The number of hydrogen-bond acceptors (Lipinski definition) is 2. The number of nitrogens with one attached hydrogen (secondary N) is 1. The molecule has 0 saturated carbocycles. The Balaban J connectivity index is 1.65. The number of rotatable bonds is 4. The second kappa shape index (κ2) is 6.84. The van der Waals surface area contributed by atoms with Crippen LogP contribution in [0.4, 0.5) is 10.1 Å². The number of halogens is 2. The zero-order chi connectivity index (χ0) is 17.1. The summed E-state index contributed by atoms with van der Waals surface area (Å²) in [5.74, 6) is -1.31. The number of benzene rings is 2. The molecule has 2 amide bonds. The summed E-state index contributed by atoms with van der Waals surface area (Å²) in [6, 6.07) is 13.2. The minimum Gasteiger partial charge on any atom is -0.348 e. The molecule has 0 aromatic heterocycles. The van der Waals surface area contributed by atoms with Gasteiger partial charge in [0.1, 0.15) is 11.4 Å². The predicted octanol–water partition coefficient (Wildman–Crippen LogP) is 3.07. The Morgan fingerprint density at radius 1 is 1.21 bits per heavy atom. The Morgan fingerprint density at radius 3 is 2.67 bits per heavy atom. The number of carbonyl (C=O) groups excluding carboxylic acids is 2. The maximum atomic E-state index is 13.3. The van der Waals surface area contributed by atoms with E-state index in [4.69, 9.17) is 11.6 Å². The first kappa shape index (κ1) is 16.2. The van der Waals surface area contributed by atoms with Crippen LogP contribution in [0.15, 0.2) is 60.2 Å². The third kappa shape index (κ3) is 3.46. The second-order valence-electron chi connectivity index (χ2n) is 5.33. The van der Waals surface area contributed by atoms with Crippen LogP contribution in [0.3, 0.4) is 0 Å². The lowest BCUT2D eigenvalue weighted by atomic mass is 10.2. The Kier molecular flexibility index (Phi) is 4.62. The van der Waals surface area contributed by atoms with E-state index in [0.717, 1.165) is 5.69 Å². The summed E-state index contributed by atoms with van der Waals surface area (Å²) in [7, 11) is 0. The number of anilines is 1. The van der Waals surface area contributed by atoms with Crippen molar-refractivity contribution in [3.05, 3.63) is 76.6 Å². The van der Waals surface area contributed by atoms with Gasteiger partial charge in [-0.15, -0.1) is 0 Å². The average Bonchev–Trinajstić information content (AvgIpc) is 2.94. The number of carbonyl (C=O) groups is 2. The van der Waals surface area contributed by atoms with Crippen LogP contribution in [0.2, 0.25) is 5.02 Å². The zero-order valence-electron chi connectivity index (χ0n) is 12.6. The molecule has 1 N–H and O–H groups in total. The highest BCUT2D eigenvalue weighted by atomic mass is 35.5. The van der Waals surface area contributed by atoms with E-state index >= 15 is 0 Å². The molecule has 0 bridgehead atoms. The summed E-state index contributed by atoms with van der Waals surface area (Å²) in [5.41, 5.74) is 1.35. The third-order valence-corrected chi connectivity index (χ3v) is 3.86. The van der Waals surface area contributed by atoms with Gasteiger partial charge in [0.05, 0.1) is 0 Å². The molecule has 0 saturated heterocycles. The van der Waals surface area contributed by atoms with Crippen molar-refractivity contribution in [1.29, 1.82) is 0 Å². The number of para-hydroxylation sites is 1. The van der Waals surface area contributed by atoms with Gasteiger partial charge in [-0.05, 0) is 42.0 Å². The van der Waals surface area contributed by atoms with Gasteiger partial charge in [-0.25, -0.2) is 4.39 Å². The maximum absolute atomic E-state index is 13.3. The summed E-state index contributed by atoms with van der Waals surface area (Å²) >= 11 is 5.78. The van der Waals surface area contributed by atoms with Gasteiger partial charge in [0.2, 0.25) is 0 Å². The Bertz CT molecular complexity index is 801. The molecule has 1 aliphatic rings. The van der Waals surface area contributed by atoms with E-state index in [1.54, 1.807) is 24.3 Å². The smallest absolute Gasteiger partial charge is 0.263 e. The number of nitrogens with zero attached hydrogens (tertiary/aromatic N) is 1. The first-order valence-corrected chi connectivity index (χ1v) is 7.72. The molecule has 122 valence electrons. The summed E-state index contributed by atoms with van der Waals surface area (Å²) in [4.78, 5) is 26.1. The summed E-state index contributed by atoms with van der Waals surface area (Å²) in [6.07, 6.45) is 1.59. The fraction of sp³-hybridized carbons (Fsp3) is 0.111. The van der Waals surface area contributed by atoms with E-state index in [2.05, 4.69) is 5.32 Å². The summed E-state index contributed by atoms with van der Waals surface area (Å²) in [5, 5.41) is 2.87. The quantitative estimate of drug-likeness (QED) is 0.867. The minimum atomic E-state index is -0.487. The first-order chi connectivity index (χ1) is 11.5. The van der Waals surface area contributed by atoms with E-state index in [0.29, 0.717) is 12.1 Å². The van der Waals surface area contributed by atoms with Crippen molar-refractivity contribution in [1.82, 2.24) is 5.32 Å². The van der Waals surface area contributed by atoms with Crippen LogP contribution in [0.25, 0.3) is 0 Å². The molecule has 6 heteroatoms. The van der Waals surface area contributed by atoms with Crippen LogP contribution in [-0.4, -0.2) is 18.4 Å². The van der Waals surface area contributed by atoms with Crippen LogP contribution in [0.5, 0.6) is 0 Å². The fourth-order valence-electron chi connectivity index (χ4n) is 2.51. The third-order valence-electron chi connectivity index (χ3n) is 3.64. The molecule has 1 heterocycles. The van der Waals surface area contributed by atoms with E-state index in [-0.39, 0.29) is 23.0 Å². The van der Waals surface area contributed by atoms with Gasteiger partial charge in [0.15, 0.2) is 0 Å². The average molecular weight is 345 g/mol. The van der Waals surface area contributed by atoms with Crippen molar-refractivity contribution in [3.8, 4) is 0 Å². The van der Waals surface area contributed by atoms with Crippen molar-refractivity contribution in [2.24, 2.45) is 0 Å². The van der Waals surface area contributed by atoms with Crippen molar-refractivity contribution in [2.75, 3.05) is 11.4 Å². The molecular formula is C18H14ClFN2O2. The van der Waals surface area contributed by atoms with Crippen LogP contribution < -0.4 is 10.2 Å². The van der Waals surface area contributed by atoms with Gasteiger partial charge in [-0.2, -0.15) is 0 Å². The van der Waals surface area contributed by atoms with E-state index < -0.39 is 11.7 Å². The Morgan fingerprint density at radius 2 is 1.96 bits per heavy atom. The lowest BCUT2D eigenvalue weighted by Gasteiger charge is -2.16. The van der Waals surface area contributed by atoms with Gasteiger partial charge in [-0.3, -0.25) is 9.59 Å². The van der Waals surface area contributed by atoms with Crippen molar-refractivity contribution in [2.45, 2.75) is 6.54 Å². The van der Waals surface area contributed by atoms with Gasteiger partial charge in [0.25, 0.3) is 11.8 Å². The SMILES string of the molecule is O=C(NCc1cc(F)cc(Cl)c1)C1=CCN(c2ccccc2)C1=O. The molecule has 0 unspecified atom stereocenters. The van der Waals surface area contributed by atoms with Gasteiger partial charge in [0, 0.05) is 23.8 Å². The second-order valence-corrected chi connectivity index (χ2v) is 5.77. The Hall–Kier alpha value is -2.66. The minimum absolute atomic E-state index is 0.0846. The topological polar surface area (TPSA) is 49.4 Å². The summed E-state index contributed by atoms with van der Waals surface area (Å²) in [6.45, 7) is 0.434. The molecule has 0 fully saturated rings. The van der Waals surface area contributed by atoms with Crippen LogP contribution in [0, 0.1) is 5.82 Å².